The molecule has 1 N–H and O–H groups in total. The summed E-state index contributed by atoms with van der Waals surface area (Å²) >= 11 is 12.3. The van der Waals surface area contributed by atoms with Gasteiger partial charge in [0.05, 0.1) is 10.7 Å². The first-order valence-corrected chi connectivity index (χ1v) is 6.89. The molecule has 0 spiro atoms. The van der Waals surface area contributed by atoms with Crippen LogP contribution in [-0.2, 0) is 0 Å². The Balaban J connectivity index is 2.13. The number of nitrogens with one attached hydrogen (secondary N) is 1. The summed E-state index contributed by atoms with van der Waals surface area (Å²) in [4.78, 5) is 2.32. The Bertz CT molecular complexity index is 380. The molecule has 1 aromatic carbocycles. The molecule has 1 heterocycles. The second kappa shape index (κ2) is 5.94. The van der Waals surface area contributed by atoms with Crippen molar-refractivity contribution in [1.82, 2.24) is 5.32 Å². The predicted octanol–water partition coefficient (Wildman–Crippen LogP) is 3.57. The molecular weight excluding hydrogens is 255 g/mol. The fourth-order valence-corrected chi connectivity index (χ4v) is 2.78. The van der Waals surface area contributed by atoms with Gasteiger partial charge in [0.25, 0.3) is 0 Å². The SMILES string of the molecule is CCNC1CCCN(c2cc(Cl)ccc2Cl)C1. The second-order valence-electron chi connectivity index (χ2n) is 4.44. The summed E-state index contributed by atoms with van der Waals surface area (Å²) in [6.07, 6.45) is 2.43. The Hall–Kier alpha value is -0.440. The molecule has 4 heteroatoms. The summed E-state index contributed by atoms with van der Waals surface area (Å²) in [6, 6.07) is 6.22. The van der Waals surface area contributed by atoms with E-state index in [0.717, 1.165) is 35.4 Å². The lowest BCUT2D eigenvalue weighted by molar-refractivity contribution is 0.431. The van der Waals surface area contributed by atoms with Crippen LogP contribution in [0.2, 0.25) is 10.0 Å². The number of benzene rings is 1. The first kappa shape index (κ1) is 13.0. The molecule has 1 aromatic rings. The Kier molecular flexibility index (Phi) is 4.55. The fourth-order valence-electron chi connectivity index (χ4n) is 2.38. The van der Waals surface area contributed by atoms with E-state index in [1.54, 1.807) is 0 Å². The average Bonchev–Trinajstić information content (AvgIpc) is 2.33. The van der Waals surface area contributed by atoms with E-state index in [-0.39, 0.29) is 0 Å². The Morgan fingerprint density at radius 1 is 1.41 bits per heavy atom. The van der Waals surface area contributed by atoms with E-state index in [1.807, 2.05) is 18.2 Å². The topological polar surface area (TPSA) is 15.3 Å². The molecule has 0 aliphatic carbocycles. The molecule has 0 bridgehead atoms. The van der Waals surface area contributed by atoms with E-state index in [9.17, 15) is 0 Å². The van der Waals surface area contributed by atoms with Crippen molar-refractivity contribution in [1.29, 1.82) is 0 Å². The average molecular weight is 273 g/mol. The number of likely N-dealkylation sites (N-methyl/N-ethyl adjacent to an activating group) is 1. The van der Waals surface area contributed by atoms with Crippen LogP contribution in [0.15, 0.2) is 18.2 Å². The molecule has 94 valence electrons. The zero-order chi connectivity index (χ0) is 12.3. The van der Waals surface area contributed by atoms with Crippen molar-refractivity contribution in [2.24, 2.45) is 0 Å². The molecule has 0 radical (unpaired) electrons. The van der Waals surface area contributed by atoms with E-state index in [1.165, 1.54) is 12.8 Å². The van der Waals surface area contributed by atoms with Crippen LogP contribution in [0.4, 0.5) is 5.69 Å². The number of rotatable bonds is 3. The van der Waals surface area contributed by atoms with Gasteiger partial charge in [0.2, 0.25) is 0 Å². The van der Waals surface area contributed by atoms with Crippen LogP contribution in [0.25, 0.3) is 0 Å². The fraction of sp³-hybridized carbons (Fsp3) is 0.538. The third-order valence-electron chi connectivity index (χ3n) is 3.16. The van der Waals surface area contributed by atoms with Gasteiger partial charge >= 0.3 is 0 Å². The van der Waals surface area contributed by atoms with Crippen LogP contribution in [0.1, 0.15) is 19.8 Å². The Morgan fingerprint density at radius 3 is 3.00 bits per heavy atom. The highest BCUT2D eigenvalue weighted by Gasteiger charge is 2.20. The lowest BCUT2D eigenvalue weighted by atomic mass is 10.0. The molecule has 0 aromatic heterocycles. The van der Waals surface area contributed by atoms with Crippen LogP contribution < -0.4 is 10.2 Å². The van der Waals surface area contributed by atoms with Crippen LogP contribution in [0.5, 0.6) is 0 Å². The number of nitrogens with zero attached hydrogens (tertiary/aromatic N) is 1. The minimum Gasteiger partial charge on any atom is -0.369 e. The number of halogens is 2. The molecule has 1 fully saturated rings. The molecule has 0 amide bonds. The van der Waals surface area contributed by atoms with Gasteiger partial charge in [0, 0.05) is 24.2 Å². The summed E-state index contributed by atoms with van der Waals surface area (Å²) < 4.78 is 0. The molecule has 1 aliphatic rings. The van der Waals surface area contributed by atoms with E-state index >= 15 is 0 Å². The van der Waals surface area contributed by atoms with Gasteiger partial charge in [0.15, 0.2) is 0 Å². The highest BCUT2D eigenvalue weighted by atomic mass is 35.5. The van der Waals surface area contributed by atoms with Crippen molar-refractivity contribution in [3.63, 3.8) is 0 Å². The highest BCUT2D eigenvalue weighted by molar-refractivity contribution is 6.35. The maximum absolute atomic E-state index is 6.23. The quantitative estimate of drug-likeness (QED) is 0.905. The molecule has 1 saturated heterocycles. The van der Waals surface area contributed by atoms with Gasteiger partial charge in [-0.2, -0.15) is 0 Å². The van der Waals surface area contributed by atoms with E-state index in [4.69, 9.17) is 23.2 Å². The highest BCUT2D eigenvalue weighted by Crippen LogP contribution is 2.30. The maximum atomic E-state index is 6.23. The summed E-state index contributed by atoms with van der Waals surface area (Å²) in [7, 11) is 0. The Morgan fingerprint density at radius 2 is 2.24 bits per heavy atom. The van der Waals surface area contributed by atoms with Crippen molar-refractivity contribution in [2.75, 3.05) is 24.5 Å². The van der Waals surface area contributed by atoms with Crippen LogP contribution in [0.3, 0.4) is 0 Å². The van der Waals surface area contributed by atoms with Crippen molar-refractivity contribution in [3.8, 4) is 0 Å². The van der Waals surface area contributed by atoms with E-state index in [0.29, 0.717) is 6.04 Å². The van der Waals surface area contributed by atoms with Gasteiger partial charge in [-0.1, -0.05) is 30.1 Å². The van der Waals surface area contributed by atoms with Gasteiger partial charge in [-0.15, -0.1) is 0 Å². The normalized spacial score (nSPS) is 20.6. The predicted molar refractivity (Wildman–Crippen MR) is 75.4 cm³/mol. The van der Waals surface area contributed by atoms with Crippen molar-refractivity contribution in [3.05, 3.63) is 28.2 Å². The molecule has 0 saturated carbocycles. The molecule has 2 rings (SSSR count). The van der Waals surface area contributed by atoms with Gasteiger partial charge < -0.3 is 10.2 Å². The summed E-state index contributed by atoms with van der Waals surface area (Å²) in [5.74, 6) is 0. The zero-order valence-corrected chi connectivity index (χ0v) is 11.6. The molecule has 1 atom stereocenters. The van der Waals surface area contributed by atoms with E-state index in [2.05, 4.69) is 17.1 Å². The smallest absolute Gasteiger partial charge is 0.0640 e. The standard InChI is InChI=1S/C13H18Cl2N2/c1-2-16-11-4-3-7-17(9-11)13-8-10(14)5-6-12(13)15/h5-6,8,11,16H,2-4,7,9H2,1H3. The van der Waals surface area contributed by atoms with Gasteiger partial charge in [-0.3, -0.25) is 0 Å². The molecule has 1 aliphatic heterocycles. The Labute approximate surface area is 113 Å². The molecule has 2 nitrogen and oxygen atoms in total. The van der Waals surface area contributed by atoms with Crippen LogP contribution in [0, 0.1) is 0 Å². The minimum absolute atomic E-state index is 0.559. The molecule has 1 unspecified atom stereocenters. The van der Waals surface area contributed by atoms with Crippen molar-refractivity contribution in [2.45, 2.75) is 25.8 Å². The lowest BCUT2D eigenvalue weighted by Gasteiger charge is -2.35. The molecule has 17 heavy (non-hydrogen) atoms. The van der Waals surface area contributed by atoms with Gasteiger partial charge in [-0.25, -0.2) is 0 Å². The monoisotopic (exact) mass is 272 g/mol. The van der Waals surface area contributed by atoms with Crippen LogP contribution in [-0.4, -0.2) is 25.7 Å². The first-order valence-electron chi connectivity index (χ1n) is 6.14. The number of hydrogen-bond donors (Lipinski definition) is 1. The van der Waals surface area contributed by atoms with E-state index < -0.39 is 0 Å². The van der Waals surface area contributed by atoms with Gasteiger partial charge in [0.1, 0.15) is 0 Å². The first-order chi connectivity index (χ1) is 8.20. The number of anilines is 1. The van der Waals surface area contributed by atoms with Crippen molar-refractivity contribution < 1.29 is 0 Å². The van der Waals surface area contributed by atoms with Crippen LogP contribution >= 0.6 is 23.2 Å². The number of piperidine rings is 1. The van der Waals surface area contributed by atoms with Gasteiger partial charge in [-0.05, 0) is 37.6 Å². The third kappa shape index (κ3) is 3.27. The van der Waals surface area contributed by atoms with Crippen molar-refractivity contribution >= 4 is 28.9 Å². The molecular formula is C13H18Cl2N2. The third-order valence-corrected chi connectivity index (χ3v) is 3.72. The minimum atomic E-state index is 0.559. The maximum Gasteiger partial charge on any atom is 0.0640 e. The summed E-state index contributed by atoms with van der Waals surface area (Å²) in [5.41, 5.74) is 1.06. The number of hydrogen-bond acceptors (Lipinski definition) is 2. The largest absolute Gasteiger partial charge is 0.369 e. The second-order valence-corrected chi connectivity index (χ2v) is 5.28. The zero-order valence-electron chi connectivity index (χ0n) is 10.0. The summed E-state index contributed by atoms with van der Waals surface area (Å²) in [5, 5.41) is 5.03. The lowest BCUT2D eigenvalue weighted by Crippen LogP contribution is -2.45. The summed E-state index contributed by atoms with van der Waals surface area (Å²) in [6.45, 7) is 5.23.